The van der Waals surface area contributed by atoms with Crippen molar-refractivity contribution in [1.82, 2.24) is 9.80 Å². The summed E-state index contributed by atoms with van der Waals surface area (Å²) in [6.45, 7) is 12.6. The van der Waals surface area contributed by atoms with Gasteiger partial charge in [-0.3, -0.25) is 0 Å². The van der Waals surface area contributed by atoms with Crippen molar-refractivity contribution in [3.8, 4) is 0 Å². The van der Waals surface area contributed by atoms with Crippen LogP contribution in [0.4, 0.5) is 0 Å². The minimum Gasteiger partial charge on any atom is -0.411 e. The number of hydrogen-bond donors (Lipinski definition) is 0. The number of hydrogen-bond acceptors (Lipinski definition) is 4. The van der Waals surface area contributed by atoms with E-state index in [-0.39, 0.29) is 27.3 Å². The fourth-order valence-corrected chi connectivity index (χ4v) is 2.40. The van der Waals surface area contributed by atoms with E-state index < -0.39 is 0 Å². The van der Waals surface area contributed by atoms with Gasteiger partial charge in [-0.2, -0.15) is 0 Å². The maximum Gasteiger partial charge on any atom is 2.00 e. The molecule has 0 aromatic rings. The molecule has 0 rings (SSSR count). The second-order valence-electron chi connectivity index (χ2n) is 4.51. The molecule has 0 aromatic carbocycles. The molecule has 7 heteroatoms. The molecule has 0 spiro atoms. The Balaban J connectivity index is -0.000000295. The first-order chi connectivity index (χ1) is 9.44. The van der Waals surface area contributed by atoms with E-state index in [1.165, 1.54) is 0 Å². The van der Waals surface area contributed by atoms with Gasteiger partial charge < -0.3 is 59.5 Å². The summed E-state index contributed by atoms with van der Waals surface area (Å²) in [5.74, 6) is 0. The van der Waals surface area contributed by atoms with Gasteiger partial charge in [-0.05, 0) is 25.7 Å². The molecule has 2 radical (unpaired) electrons. The van der Waals surface area contributed by atoms with Crippen molar-refractivity contribution in [3.05, 3.63) is 0 Å². The van der Waals surface area contributed by atoms with Crippen LogP contribution in [0.3, 0.4) is 0 Å². The van der Waals surface area contributed by atoms with Crippen LogP contribution in [0.25, 0.3) is 0 Å². The van der Waals surface area contributed by atoms with Gasteiger partial charge in [0.2, 0.25) is 0 Å². The standard InChI is InChI=1S/2C7H15NS2.Pb/c2*1-3-5-8(6-4-2)7(9)10;/h2*3-6H2,1-2H3,(H,9,10);/q;;+2/p-2. The SMILES string of the molecule is CCCN(CCC)C(=S)[S-].CCCN(CCC)C(=S)[S-].[Pb+2]. The normalized spacial score (nSPS) is 8.95. The third-order valence-corrected chi connectivity index (χ3v) is 3.52. The van der Waals surface area contributed by atoms with E-state index >= 15 is 0 Å². The van der Waals surface area contributed by atoms with E-state index in [0.717, 1.165) is 51.9 Å². The van der Waals surface area contributed by atoms with E-state index in [9.17, 15) is 0 Å². The second-order valence-corrected chi connectivity index (χ2v) is 6.57. The van der Waals surface area contributed by atoms with Crippen molar-refractivity contribution in [2.24, 2.45) is 0 Å². The summed E-state index contributed by atoms with van der Waals surface area (Å²) >= 11 is 19.6. The van der Waals surface area contributed by atoms with Crippen molar-refractivity contribution in [2.45, 2.75) is 53.4 Å². The van der Waals surface area contributed by atoms with Gasteiger partial charge in [0.1, 0.15) is 0 Å². The Kier molecular flexibility index (Phi) is 24.7. The summed E-state index contributed by atoms with van der Waals surface area (Å²) in [5.41, 5.74) is 0. The Bertz CT molecular complexity index is 227. The molecule has 0 unspecified atom stereocenters. The summed E-state index contributed by atoms with van der Waals surface area (Å²) in [6, 6.07) is 0. The molecule has 0 fully saturated rings. The van der Waals surface area contributed by atoms with Gasteiger partial charge in [0, 0.05) is 26.2 Å². The molecular weight excluding hydrogens is 532 g/mol. The minimum absolute atomic E-state index is 0. The average Bonchev–Trinajstić information content (AvgIpc) is 2.38. The molecule has 0 aliphatic rings. The fraction of sp³-hybridized carbons (Fsp3) is 0.857. The molecule has 0 saturated heterocycles. The van der Waals surface area contributed by atoms with Crippen LogP contribution >= 0.6 is 24.4 Å². The van der Waals surface area contributed by atoms with Crippen LogP contribution in [0.2, 0.25) is 0 Å². The molecule has 2 nitrogen and oxygen atoms in total. The Morgan fingerprint density at radius 3 is 0.952 bits per heavy atom. The predicted octanol–water partition coefficient (Wildman–Crippen LogP) is 3.50. The van der Waals surface area contributed by atoms with Crippen LogP contribution in [-0.4, -0.2) is 71.9 Å². The molecule has 0 atom stereocenters. The summed E-state index contributed by atoms with van der Waals surface area (Å²) < 4.78 is 1.23. The van der Waals surface area contributed by atoms with Crippen molar-refractivity contribution in [1.29, 1.82) is 0 Å². The quantitative estimate of drug-likeness (QED) is 0.253. The third-order valence-electron chi connectivity index (χ3n) is 2.49. The monoisotopic (exact) mass is 560 g/mol. The maximum absolute atomic E-state index is 4.89. The summed E-state index contributed by atoms with van der Waals surface area (Å²) in [7, 11) is 0. The summed E-state index contributed by atoms with van der Waals surface area (Å²) in [4.78, 5) is 4.15. The predicted molar refractivity (Wildman–Crippen MR) is 110 cm³/mol. The van der Waals surface area contributed by atoms with Crippen molar-refractivity contribution >= 4 is 85.6 Å². The summed E-state index contributed by atoms with van der Waals surface area (Å²) in [6.07, 6.45) is 4.49. The number of rotatable bonds is 8. The molecule has 0 amide bonds. The largest absolute Gasteiger partial charge is 2.00 e. The van der Waals surface area contributed by atoms with E-state index in [2.05, 4.69) is 37.5 Å². The molecule has 0 N–H and O–H groups in total. The Hall–Kier alpha value is 1.14. The zero-order valence-electron chi connectivity index (χ0n) is 13.7. The Morgan fingerprint density at radius 1 is 0.667 bits per heavy atom. The molecule has 0 aliphatic carbocycles. The Morgan fingerprint density at radius 2 is 0.857 bits per heavy atom. The van der Waals surface area contributed by atoms with Gasteiger partial charge in [-0.25, -0.2) is 0 Å². The molecule has 122 valence electrons. The third kappa shape index (κ3) is 17.3. The van der Waals surface area contributed by atoms with E-state index in [1.807, 2.05) is 0 Å². The molecule has 0 bridgehead atoms. The van der Waals surface area contributed by atoms with Crippen LogP contribution in [0.5, 0.6) is 0 Å². The molecular formula is C14H28N2PbS4. The molecule has 0 heterocycles. The van der Waals surface area contributed by atoms with Crippen molar-refractivity contribution in [3.63, 3.8) is 0 Å². The van der Waals surface area contributed by atoms with Gasteiger partial charge in [0.05, 0.1) is 0 Å². The smallest absolute Gasteiger partial charge is 0.411 e. The van der Waals surface area contributed by atoms with Crippen LogP contribution < -0.4 is 0 Å². The molecule has 0 aliphatic heterocycles. The van der Waals surface area contributed by atoms with Gasteiger partial charge in [-0.15, -0.1) is 0 Å². The van der Waals surface area contributed by atoms with Crippen LogP contribution in [0.1, 0.15) is 53.4 Å². The zero-order valence-corrected chi connectivity index (χ0v) is 20.8. The van der Waals surface area contributed by atoms with Gasteiger partial charge in [0.25, 0.3) is 0 Å². The van der Waals surface area contributed by atoms with Gasteiger partial charge in [-0.1, -0.05) is 36.3 Å². The van der Waals surface area contributed by atoms with Crippen LogP contribution in [0, 0.1) is 0 Å². The fourth-order valence-electron chi connectivity index (χ4n) is 1.67. The van der Waals surface area contributed by atoms with Crippen molar-refractivity contribution < 1.29 is 0 Å². The minimum atomic E-state index is 0. The van der Waals surface area contributed by atoms with Crippen LogP contribution in [0.15, 0.2) is 0 Å². The van der Waals surface area contributed by atoms with Crippen LogP contribution in [-0.2, 0) is 25.3 Å². The van der Waals surface area contributed by atoms with E-state index in [4.69, 9.17) is 49.7 Å². The molecule has 0 aromatic heterocycles. The molecule has 0 saturated carbocycles. The first-order valence-electron chi connectivity index (χ1n) is 7.36. The zero-order chi connectivity index (χ0) is 16.0. The number of thiocarbonyl (C=S) groups is 2. The topological polar surface area (TPSA) is 6.48 Å². The first-order valence-corrected chi connectivity index (χ1v) is 8.99. The first kappa shape index (κ1) is 27.0. The van der Waals surface area contributed by atoms with Gasteiger partial charge >= 0.3 is 27.3 Å². The average molecular weight is 560 g/mol. The molecule has 21 heavy (non-hydrogen) atoms. The van der Waals surface area contributed by atoms with E-state index in [1.54, 1.807) is 0 Å². The summed E-state index contributed by atoms with van der Waals surface area (Å²) in [5, 5.41) is 0. The Labute approximate surface area is 173 Å². The maximum atomic E-state index is 4.89. The number of nitrogens with zero attached hydrogens (tertiary/aromatic N) is 2. The second kappa shape index (κ2) is 19.2. The van der Waals surface area contributed by atoms with Crippen molar-refractivity contribution in [2.75, 3.05) is 26.2 Å². The van der Waals surface area contributed by atoms with Gasteiger partial charge in [0.15, 0.2) is 0 Å². The van der Waals surface area contributed by atoms with E-state index in [0.29, 0.717) is 8.64 Å².